The van der Waals surface area contributed by atoms with E-state index < -0.39 is 0 Å². The minimum Gasteiger partial charge on any atom is -0.297 e. The molecule has 3 aliphatic carbocycles. The van der Waals surface area contributed by atoms with Gasteiger partial charge in [0.15, 0.2) is 6.29 Å². The normalized spacial score (nSPS) is 21.5. The second-order valence-electron chi connectivity index (χ2n) is 5.73. The molecule has 16 heavy (non-hydrogen) atoms. The van der Waals surface area contributed by atoms with Gasteiger partial charge < -0.3 is 0 Å². The molecular weight excluding hydrogens is 198 g/mol. The molecule has 0 unspecified atom stereocenters. The van der Waals surface area contributed by atoms with Crippen LogP contribution in [-0.4, -0.2) is 12.5 Å². The van der Waals surface area contributed by atoms with Gasteiger partial charge in [0.05, 0.1) is 11.9 Å². The molecular formula is C14H15NO. The summed E-state index contributed by atoms with van der Waals surface area (Å²) >= 11 is 0. The van der Waals surface area contributed by atoms with Gasteiger partial charge in [0.25, 0.3) is 0 Å². The predicted octanol–water partition coefficient (Wildman–Crippen LogP) is 2.87. The van der Waals surface area contributed by atoms with Crippen LogP contribution in [0, 0.1) is 0 Å². The first-order chi connectivity index (χ1) is 7.42. The Labute approximate surface area is 95.4 Å². The number of carbonyl (C=O) groups is 1. The van der Waals surface area contributed by atoms with Crippen LogP contribution in [0.1, 0.15) is 49.9 Å². The zero-order valence-electron chi connectivity index (χ0n) is 10.1. The minimum atomic E-state index is 0.127. The van der Waals surface area contributed by atoms with Crippen molar-refractivity contribution in [2.45, 2.75) is 38.5 Å². The van der Waals surface area contributed by atoms with E-state index in [1.807, 2.05) is 0 Å². The third kappa shape index (κ3) is 0.845. The molecule has 1 aromatic rings. The number of benzene rings is 1. The van der Waals surface area contributed by atoms with Gasteiger partial charge in [0.2, 0.25) is 0 Å². The average molecular weight is 213 g/mol. The quantitative estimate of drug-likeness (QED) is 0.548. The van der Waals surface area contributed by atoms with E-state index in [1.54, 1.807) is 0 Å². The van der Waals surface area contributed by atoms with Gasteiger partial charge >= 0.3 is 0 Å². The molecule has 82 valence electrons. The predicted molar refractivity (Wildman–Crippen MR) is 64.9 cm³/mol. The first-order valence-corrected chi connectivity index (χ1v) is 5.63. The van der Waals surface area contributed by atoms with Crippen molar-refractivity contribution in [1.29, 1.82) is 0 Å². The lowest BCUT2D eigenvalue weighted by Crippen LogP contribution is -2.28. The average Bonchev–Trinajstić information content (AvgIpc) is 2.77. The van der Waals surface area contributed by atoms with E-state index in [0.29, 0.717) is 0 Å². The number of rotatable bonds is 2. The van der Waals surface area contributed by atoms with Crippen molar-refractivity contribution in [2.24, 2.45) is 4.99 Å². The maximum absolute atomic E-state index is 10.3. The van der Waals surface area contributed by atoms with Crippen molar-refractivity contribution in [2.75, 3.05) is 0 Å². The number of hydrogen-bond acceptors (Lipinski definition) is 2. The Morgan fingerprint density at radius 1 is 1.06 bits per heavy atom. The molecule has 2 nitrogen and oxygen atoms in total. The van der Waals surface area contributed by atoms with Gasteiger partial charge in [0.1, 0.15) is 0 Å². The highest BCUT2D eigenvalue weighted by Crippen LogP contribution is 2.65. The topological polar surface area (TPSA) is 29.4 Å². The Balaban J connectivity index is 2.20. The molecule has 1 aromatic carbocycles. The van der Waals surface area contributed by atoms with E-state index in [-0.39, 0.29) is 10.8 Å². The Morgan fingerprint density at radius 2 is 1.69 bits per heavy atom. The summed E-state index contributed by atoms with van der Waals surface area (Å²) < 4.78 is 0. The summed E-state index contributed by atoms with van der Waals surface area (Å²) in [5.41, 5.74) is 6.93. The lowest BCUT2D eigenvalue weighted by Gasteiger charge is -2.38. The van der Waals surface area contributed by atoms with Crippen LogP contribution in [0.2, 0.25) is 0 Å². The van der Waals surface area contributed by atoms with Crippen molar-refractivity contribution >= 4 is 18.2 Å². The molecule has 2 heteroatoms. The van der Waals surface area contributed by atoms with Gasteiger partial charge in [-0.2, -0.15) is 0 Å². The number of hydrogen-bond donors (Lipinski definition) is 0. The smallest absolute Gasteiger partial charge is 0.161 e. The van der Waals surface area contributed by atoms with E-state index >= 15 is 0 Å². The Kier molecular flexibility index (Phi) is 1.49. The van der Waals surface area contributed by atoms with Crippen molar-refractivity contribution in [3.63, 3.8) is 0 Å². The van der Waals surface area contributed by atoms with Crippen LogP contribution in [0.5, 0.6) is 0 Å². The van der Waals surface area contributed by atoms with Crippen LogP contribution in [0.4, 0.5) is 5.69 Å². The SMILES string of the molecule is CC1(C)c2cc3c(N=CC=O)c(c21)C3(C)C. The summed E-state index contributed by atoms with van der Waals surface area (Å²) in [5, 5.41) is 0. The second-order valence-corrected chi connectivity index (χ2v) is 5.73. The lowest BCUT2D eigenvalue weighted by molar-refractivity contribution is -0.102. The van der Waals surface area contributed by atoms with Gasteiger partial charge in [-0.3, -0.25) is 9.79 Å². The summed E-state index contributed by atoms with van der Waals surface area (Å²) in [4.78, 5) is 14.6. The van der Waals surface area contributed by atoms with Crippen LogP contribution in [-0.2, 0) is 15.6 Å². The van der Waals surface area contributed by atoms with Gasteiger partial charge in [-0.1, -0.05) is 33.8 Å². The molecule has 0 saturated heterocycles. The van der Waals surface area contributed by atoms with E-state index in [4.69, 9.17) is 0 Å². The standard InChI is InChI=1S/C14H15NO/c1-13(2)8-7-9-12(15-5-6-16)11(10(8)13)14(9,3)4/h5-7H,1-4H3. The van der Waals surface area contributed by atoms with E-state index in [9.17, 15) is 4.79 Å². The maximum Gasteiger partial charge on any atom is 0.161 e. The molecule has 2 bridgehead atoms. The molecule has 0 aromatic heterocycles. The van der Waals surface area contributed by atoms with Crippen LogP contribution >= 0.6 is 0 Å². The monoisotopic (exact) mass is 213 g/mol. The number of aliphatic imine (C=N–C) groups is 1. The molecule has 0 aliphatic heterocycles. The lowest BCUT2D eigenvalue weighted by atomic mass is 9.66. The zero-order chi connectivity index (χ0) is 11.7. The van der Waals surface area contributed by atoms with E-state index in [1.165, 1.54) is 28.5 Å². The highest BCUT2D eigenvalue weighted by molar-refractivity contribution is 6.14. The Bertz CT molecular complexity index is 550. The number of nitrogens with zero attached hydrogens (tertiary/aromatic N) is 1. The summed E-state index contributed by atoms with van der Waals surface area (Å²) in [6, 6.07) is 2.26. The van der Waals surface area contributed by atoms with Gasteiger partial charge in [-0.15, -0.1) is 0 Å². The fraction of sp³-hybridized carbons (Fsp3) is 0.429. The molecule has 0 atom stereocenters. The molecule has 0 saturated carbocycles. The molecule has 0 spiro atoms. The molecule has 4 rings (SSSR count). The van der Waals surface area contributed by atoms with Crippen molar-refractivity contribution < 1.29 is 4.79 Å². The summed E-state index contributed by atoms with van der Waals surface area (Å²) in [6.07, 6.45) is 2.09. The van der Waals surface area contributed by atoms with Crippen molar-refractivity contribution in [1.82, 2.24) is 0 Å². The molecule has 0 radical (unpaired) electrons. The fourth-order valence-corrected chi connectivity index (χ4v) is 3.06. The summed E-state index contributed by atoms with van der Waals surface area (Å²) in [5.74, 6) is 0. The molecule has 0 N–H and O–H groups in total. The first-order valence-electron chi connectivity index (χ1n) is 5.63. The zero-order valence-corrected chi connectivity index (χ0v) is 10.1. The Hall–Kier alpha value is -1.44. The second kappa shape index (κ2) is 2.45. The third-order valence-corrected chi connectivity index (χ3v) is 4.10. The van der Waals surface area contributed by atoms with E-state index in [0.717, 1.165) is 12.0 Å². The highest BCUT2D eigenvalue weighted by atomic mass is 16.1. The van der Waals surface area contributed by atoms with Crippen molar-refractivity contribution in [3.8, 4) is 0 Å². The van der Waals surface area contributed by atoms with Gasteiger partial charge in [-0.25, -0.2) is 0 Å². The molecule has 0 amide bonds. The van der Waals surface area contributed by atoms with Gasteiger partial charge in [-0.05, 0) is 22.3 Å². The highest BCUT2D eigenvalue weighted by Gasteiger charge is 2.54. The number of aldehydes is 1. The van der Waals surface area contributed by atoms with Crippen molar-refractivity contribution in [3.05, 3.63) is 28.3 Å². The Morgan fingerprint density at radius 3 is 2.25 bits per heavy atom. The van der Waals surface area contributed by atoms with Gasteiger partial charge in [0, 0.05) is 10.8 Å². The largest absolute Gasteiger partial charge is 0.297 e. The maximum atomic E-state index is 10.3. The fourth-order valence-electron chi connectivity index (χ4n) is 3.06. The molecule has 3 aliphatic rings. The summed E-state index contributed by atoms with van der Waals surface area (Å²) in [7, 11) is 0. The molecule has 0 fully saturated rings. The summed E-state index contributed by atoms with van der Waals surface area (Å²) in [6.45, 7) is 8.96. The van der Waals surface area contributed by atoms with Crippen LogP contribution in [0.3, 0.4) is 0 Å². The minimum absolute atomic E-state index is 0.127. The number of carbonyl (C=O) groups excluding carboxylic acids is 1. The van der Waals surface area contributed by atoms with Crippen LogP contribution in [0.15, 0.2) is 11.1 Å². The van der Waals surface area contributed by atoms with Crippen LogP contribution < -0.4 is 0 Å². The first kappa shape index (κ1) is 9.76. The molecule has 0 heterocycles. The van der Waals surface area contributed by atoms with E-state index in [2.05, 4.69) is 38.8 Å². The third-order valence-electron chi connectivity index (χ3n) is 4.10. The van der Waals surface area contributed by atoms with Crippen LogP contribution in [0.25, 0.3) is 0 Å².